The lowest BCUT2D eigenvalue weighted by Crippen LogP contribution is -2.03. The lowest BCUT2D eigenvalue weighted by atomic mass is 10.1. The third-order valence-corrected chi connectivity index (χ3v) is 5.78. The van der Waals surface area contributed by atoms with Crippen molar-refractivity contribution in [1.29, 1.82) is 0 Å². The van der Waals surface area contributed by atoms with E-state index in [0.29, 0.717) is 0 Å². The third-order valence-electron chi connectivity index (χ3n) is 1.96. The van der Waals surface area contributed by atoms with Crippen molar-refractivity contribution in [2.75, 3.05) is 0 Å². The van der Waals surface area contributed by atoms with Gasteiger partial charge in [0.1, 0.15) is 0 Å². The summed E-state index contributed by atoms with van der Waals surface area (Å²) in [5.74, 6) is 0. The van der Waals surface area contributed by atoms with Crippen LogP contribution in [-0.2, 0) is 0 Å². The Morgan fingerprint density at radius 2 is 1.93 bits per heavy atom. The van der Waals surface area contributed by atoms with Crippen molar-refractivity contribution in [3.8, 4) is 0 Å². The SMILES string of the molecule is Cc1ccc(C2=CC(N)=S(Cl)S2)cc1. The van der Waals surface area contributed by atoms with Gasteiger partial charge in [0.2, 0.25) is 0 Å². The van der Waals surface area contributed by atoms with E-state index in [-0.39, 0.29) is 8.73 Å². The van der Waals surface area contributed by atoms with E-state index < -0.39 is 0 Å². The highest BCUT2D eigenvalue weighted by molar-refractivity contribution is 8.95. The fourth-order valence-electron chi connectivity index (χ4n) is 1.18. The molecule has 0 saturated carbocycles. The van der Waals surface area contributed by atoms with Crippen molar-refractivity contribution in [2.45, 2.75) is 6.92 Å². The molecule has 1 heterocycles. The number of hydrogen-bond acceptors (Lipinski definition) is 2. The van der Waals surface area contributed by atoms with Gasteiger partial charge >= 0.3 is 0 Å². The van der Waals surface area contributed by atoms with Crippen molar-refractivity contribution >= 4 is 40.1 Å². The Labute approximate surface area is 94.2 Å². The molecule has 0 fully saturated rings. The molecule has 0 saturated heterocycles. The molecule has 4 heteroatoms. The molecule has 0 radical (unpaired) electrons. The Hall–Kier alpha value is -0.220. The molecule has 1 aromatic rings. The summed E-state index contributed by atoms with van der Waals surface area (Å²) in [5.41, 5.74) is 8.19. The first-order valence-corrected chi connectivity index (χ1v) is 7.55. The third kappa shape index (κ3) is 2.06. The molecule has 14 heavy (non-hydrogen) atoms. The second kappa shape index (κ2) is 4.11. The normalized spacial score (nSPS) is 21.2. The van der Waals surface area contributed by atoms with Crippen LogP contribution in [0.25, 0.3) is 4.91 Å². The lowest BCUT2D eigenvalue weighted by Gasteiger charge is -2.01. The van der Waals surface area contributed by atoms with Crippen LogP contribution in [0.3, 0.4) is 0 Å². The number of rotatable bonds is 1. The van der Waals surface area contributed by atoms with Gasteiger partial charge in [0.15, 0.2) is 0 Å². The molecule has 1 aliphatic rings. The number of nitrogens with two attached hydrogens (primary N) is 1. The predicted octanol–water partition coefficient (Wildman–Crippen LogP) is 3.51. The minimum atomic E-state index is -0.363. The highest BCUT2D eigenvalue weighted by atomic mass is 35.7. The van der Waals surface area contributed by atoms with Crippen LogP contribution in [0, 0.1) is 6.92 Å². The van der Waals surface area contributed by atoms with Gasteiger partial charge in [-0.15, -0.1) is 0 Å². The van der Waals surface area contributed by atoms with Crippen LogP contribution in [0.4, 0.5) is 0 Å². The van der Waals surface area contributed by atoms with Gasteiger partial charge < -0.3 is 0 Å². The summed E-state index contributed by atoms with van der Waals surface area (Å²) in [4.78, 5) is 1.94. The first kappa shape index (κ1) is 10.3. The second-order valence-electron chi connectivity index (χ2n) is 3.08. The summed E-state index contributed by atoms with van der Waals surface area (Å²) in [6.07, 6.45) is 1.96. The summed E-state index contributed by atoms with van der Waals surface area (Å²) in [7, 11) is 7.28. The number of hydrogen-bond donors (Lipinski definition) is 1. The molecular formula is C10H10ClNS2. The van der Waals surface area contributed by atoms with Gasteiger partial charge in [-0.25, -0.2) is 0 Å². The lowest BCUT2D eigenvalue weighted by molar-refractivity contribution is 1.46. The van der Waals surface area contributed by atoms with Gasteiger partial charge in [-0.05, 0) is 48.8 Å². The minimum absolute atomic E-state index is 0.363. The first-order chi connectivity index (χ1) is 6.66. The standard InChI is InChI=1S/C10H10ClNS2/c1-7-2-4-8(5-3-7)9-6-10(12)14(11)13-9/h2-6H,12H2,1H3. The average Bonchev–Trinajstić information content (AvgIpc) is 2.48. The molecule has 1 unspecified atom stereocenters. The van der Waals surface area contributed by atoms with Crippen molar-refractivity contribution in [2.24, 2.45) is 5.73 Å². The zero-order chi connectivity index (χ0) is 10.1. The predicted molar refractivity (Wildman–Crippen MR) is 69.4 cm³/mol. The van der Waals surface area contributed by atoms with E-state index in [9.17, 15) is 0 Å². The molecule has 1 aliphatic heterocycles. The fraction of sp³-hybridized carbons (Fsp3) is 0.100. The van der Waals surface area contributed by atoms with Gasteiger partial charge in [-0.3, -0.25) is 5.73 Å². The average molecular weight is 244 g/mol. The van der Waals surface area contributed by atoms with Crippen LogP contribution in [0.5, 0.6) is 0 Å². The Kier molecular flexibility index (Phi) is 3.02. The van der Waals surface area contributed by atoms with Crippen LogP contribution in [0.1, 0.15) is 11.1 Å². The van der Waals surface area contributed by atoms with Gasteiger partial charge in [-0.2, -0.15) is 0 Å². The Morgan fingerprint density at radius 1 is 1.29 bits per heavy atom. The molecule has 1 nitrogen and oxygen atoms in total. The van der Waals surface area contributed by atoms with Crippen molar-refractivity contribution < 1.29 is 0 Å². The van der Waals surface area contributed by atoms with Crippen molar-refractivity contribution in [1.82, 2.24) is 0 Å². The maximum absolute atomic E-state index is 6.02. The van der Waals surface area contributed by atoms with Crippen LogP contribution < -0.4 is 5.73 Å². The Bertz CT molecular complexity index is 420. The smallest absolute Gasteiger partial charge is 0.0624 e. The van der Waals surface area contributed by atoms with Crippen LogP contribution >= 0.6 is 30.2 Å². The van der Waals surface area contributed by atoms with Crippen LogP contribution in [0.15, 0.2) is 30.3 Å². The van der Waals surface area contributed by atoms with Crippen LogP contribution in [-0.4, -0.2) is 4.99 Å². The number of aryl methyl sites for hydroxylation is 1. The summed E-state index contributed by atoms with van der Waals surface area (Å²) in [5, 5.41) is 0. The highest BCUT2D eigenvalue weighted by Gasteiger charge is 2.13. The molecule has 0 bridgehead atoms. The van der Waals surface area contributed by atoms with Crippen LogP contribution in [0.2, 0.25) is 0 Å². The van der Waals surface area contributed by atoms with E-state index >= 15 is 0 Å². The van der Waals surface area contributed by atoms with Crippen molar-refractivity contribution in [3.05, 3.63) is 41.5 Å². The Balaban J connectivity index is 2.28. The molecule has 0 spiro atoms. The fourth-order valence-corrected chi connectivity index (χ4v) is 4.21. The molecule has 0 amide bonds. The molecule has 74 valence electrons. The second-order valence-corrected chi connectivity index (χ2v) is 7.58. The van der Waals surface area contributed by atoms with E-state index in [1.165, 1.54) is 16.0 Å². The van der Waals surface area contributed by atoms with Crippen molar-refractivity contribution in [3.63, 3.8) is 0 Å². The zero-order valence-corrected chi connectivity index (χ0v) is 10.0. The topological polar surface area (TPSA) is 26.0 Å². The number of benzene rings is 1. The molecule has 0 aromatic heterocycles. The van der Waals surface area contributed by atoms with E-state index in [0.717, 1.165) is 4.99 Å². The largest absolute Gasteiger partial charge is 0.296 e. The molecule has 0 aliphatic carbocycles. The molecule has 1 aromatic carbocycles. The van der Waals surface area contributed by atoms with E-state index in [1.807, 2.05) is 6.08 Å². The van der Waals surface area contributed by atoms with Gasteiger partial charge in [0.25, 0.3) is 0 Å². The summed E-state index contributed by atoms with van der Waals surface area (Å²) in [6, 6.07) is 8.39. The quantitative estimate of drug-likeness (QED) is 0.604. The minimum Gasteiger partial charge on any atom is -0.296 e. The molecule has 2 N–H and O–H groups in total. The highest BCUT2D eigenvalue weighted by Crippen LogP contribution is 2.50. The van der Waals surface area contributed by atoms with Gasteiger partial charge in [-0.1, -0.05) is 29.8 Å². The monoisotopic (exact) mass is 243 g/mol. The Morgan fingerprint density at radius 3 is 2.43 bits per heavy atom. The summed E-state index contributed by atoms with van der Waals surface area (Å²) < 4.78 is 0. The first-order valence-electron chi connectivity index (χ1n) is 4.17. The molecule has 1 atom stereocenters. The molecule has 2 rings (SSSR count). The van der Waals surface area contributed by atoms with Gasteiger partial charge in [0.05, 0.1) is 4.99 Å². The maximum Gasteiger partial charge on any atom is 0.0624 e. The van der Waals surface area contributed by atoms with E-state index in [4.69, 9.17) is 16.4 Å². The van der Waals surface area contributed by atoms with Gasteiger partial charge in [0, 0.05) is 4.91 Å². The number of halogens is 1. The van der Waals surface area contributed by atoms with E-state index in [2.05, 4.69) is 31.2 Å². The summed E-state index contributed by atoms with van der Waals surface area (Å²) >= 11 is 0. The zero-order valence-electron chi connectivity index (χ0n) is 7.66. The summed E-state index contributed by atoms with van der Waals surface area (Å²) in [6.45, 7) is 2.08. The molecular weight excluding hydrogens is 234 g/mol. The maximum atomic E-state index is 6.02. The van der Waals surface area contributed by atoms with E-state index in [1.54, 1.807) is 10.8 Å².